The molecule has 0 heterocycles. The van der Waals surface area contributed by atoms with Gasteiger partial charge in [-0.25, -0.2) is 4.79 Å². The highest BCUT2D eigenvalue weighted by Crippen LogP contribution is 1.97. The van der Waals surface area contributed by atoms with Gasteiger partial charge < -0.3 is 15.4 Å². The molecule has 0 fully saturated rings. The maximum Gasteiger partial charge on any atom is 0.407 e. The lowest BCUT2D eigenvalue weighted by Gasteiger charge is -2.09. The van der Waals surface area contributed by atoms with E-state index < -0.39 is 6.09 Å². The summed E-state index contributed by atoms with van der Waals surface area (Å²) in [4.78, 5) is 22.8. The molecule has 0 saturated carbocycles. The van der Waals surface area contributed by atoms with Gasteiger partial charge in [-0.3, -0.25) is 4.79 Å². The van der Waals surface area contributed by atoms with Crippen LogP contribution in [-0.4, -0.2) is 25.2 Å². The van der Waals surface area contributed by atoms with Crippen molar-refractivity contribution < 1.29 is 14.3 Å². The average Bonchev–Trinajstić information content (AvgIpc) is 2.44. The average molecular weight is 278 g/mol. The molecule has 0 aliphatic heterocycles. The van der Waals surface area contributed by atoms with Crippen molar-refractivity contribution in [1.82, 2.24) is 10.6 Å². The maximum absolute atomic E-state index is 11.6. The summed E-state index contributed by atoms with van der Waals surface area (Å²) in [6, 6.07) is 9.67. The molecule has 2 amide bonds. The lowest BCUT2D eigenvalue weighted by atomic mass is 10.2. The fourth-order valence-corrected chi connectivity index (χ4v) is 1.46. The molecule has 0 spiro atoms. The fraction of sp³-hybridized carbons (Fsp3) is 0.467. The van der Waals surface area contributed by atoms with Crippen molar-refractivity contribution in [1.29, 1.82) is 0 Å². The number of hydrogen-bond acceptors (Lipinski definition) is 3. The second-order valence-electron chi connectivity index (χ2n) is 4.93. The zero-order valence-corrected chi connectivity index (χ0v) is 12.0. The molecular formula is C15H22N2O3. The Morgan fingerprint density at radius 2 is 1.85 bits per heavy atom. The third kappa shape index (κ3) is 7.41. The highest BCUT2D eigenvalue weighted by Gasteiger charge is 2.05. The van der Waals surface area contributed by atoms with E-state index in [0.29, 0.717) is 19.1 Å². The molecule has 5 heteroatoms. The first-order valence-electron chi connectivity index (χ1n) is 6.79. The number of hydrogen-bond donors (Lipinski definition) is 2. The fourth-order valence-electron chi connectivity index (χ4n) is 1.46. The molecule has 0 radical (unpaired) electrons. The quantitative estimate of drug-likeness (QED) is 0.802. The van der Waals surface area contributed by atoms with Crippen molar-refractivity contribution in [2.24, 2.45) is 5.92 Å². The van der Waals surface area contributed by atoms with E-state index in [4.69, 9.17) is 4.74 Å². The Morgan fingerprint density at radius 3 is 2.50 bits per heavy atom. The SMILES string of the molecule is CC(C)COC(=O)NCCC(=O)NCc1ccccc1. The van der Waals surface area contributed by atoms with E-state index in [2.05, 4.69) is 10.6 Å². The van der Waals surface area contributed by atoms with E-state index in [9.17, 15) is 9.59 Å². The summed E-state index contributed by atoms with van der Waals surface area (Å²) in [6.07, 6.45) is -0.238. The van der Waals surface area contributed by atoms with Gasteiger partial charge in [-0.15, -0.1) is 0 Å². The van der Waals surface area contributed by atoms with Crippen LogP contribution in [0.2, 0.25) is 0 Å². The summed E-state index contributed by atoms with van der Waals surface area (Å²) < 4.78 is 4.93. The monoisotopic (exact) mass is 278 g/mol. The first-order chi connectivity index (χ1) is 9.58. The Morgan fingerprint density at radius 1 is 1.15 bits per heavy atom. The van der Waals surface area contributed by atoms with Gasteiger partial charge in [0.2, 0.25) is 5.91 Å². The van der Waals surface area contributed by atoms with Gasteiger partial charge in [0.25, 0.3) is 0 Å². The molecule has 20 heavy (non-hydrogen) atoms. The summed E-state index contributed by atoms with van der Waals surface area (Å²) in [5.74, 6) is 0.202. The summed E-state index contributed by atoms with van der Waals surface area (Å²) in [7, 11) is 0. The van der Waals surface area contributed by atoms with Gasteiger partial charge in [-0.1, -0.05) is 44.2 Å². The molecular weight excluding hydrogens is 256 g/mol. The molecule has 0 atom stereocenters. The molecule has 2 N–H and O–H groups in total. The van der Waals surface area contributed by atoms with Crippen LogP contribution in [0.5, 0.6) is 0 Å². The van der Waals surface area contributed by atoms with Gasteiger partial charge in [-0.2, -0.15) is 0 Å². The van der Waals surface area contributed by atoms with Gasteiger partial charge in [0.1, 0.15) is 0 Å². The molecule has 110 valence electrons. The second-order valence-corrected chi connectivity index (χ2v) is 4.93. The molecule has 0 aromatic heterocycles. The first kappa shape index (κ1) is 16.0. The molecule has 0 saturated heterocycles. The van der Waals surface area contributed by atoms with Crippen LogP contribution >= 0.6 is 0 Å². The largest absolute Gasteiger partial charge is 0.449 e. The standard InChI is InChI=1S/C15H22N2O3/c1-12(2)11-20-15(19)16-9-8-14(18)17-10-13-6-4-3-5-7-13/h3-7,12H,8-11H2,1-2H3,(H,16,19)(H,17,18). The summed E-state index contributed by atoms with van der Waals surface area (Å²) >= 11 is 0. The predicted octanol–water partition coefficient (Wildman–Crippen LogP) is 2.08. The van der Waals surface area contributed by atoms with Crippen LogP contribution in [0.25, 0.3) is 0 Å². The van der Waals surface area contributed by atoms with Crippen LogP contribution in [0.1, 0.15) is 25.8 Å². The minimum absolute atomic E-state index is 0.0991. The number of alkyl carbamates (subject to hydrolysis) is 1. The minimum atomic E-state index is -0.477. The third-order valence-corrected chi connectivity index (χ3v) is 2.50. The molecule has 0 aliphatic carbocycles. The Bertz CT molecular complexity index is 418. The summed E-state index contributed by atoms with van der Waals surface area (Å²) in [6.45, 7) is 5.08. The van der Waals surface area contributed by atoms with Gasteiger partial charge in [-0.05, 0) is 11.5 Å². The van der Waals surface area contributed by atoms with E-state index >= 15 is 0 Å². The van der Waals surface area contributed by atoms with E-state index in [-0.39, 0.29) is 18.9 Å². The van der Waals surface area contributed by atoms with Gasteiger partial charge in [0, 0.05) is 19.5 Å². The zero-order valence-electron chi connectivity index (χ0n) is 12.0. The van der Waals surface area contributed by atoms with Crippen molar-refractivity contribution in [3.05, 3.63) is 35.9 Å². The first-order valence-corrected chi connectivity index (χ1v) is 6.79. The molecule has 0 unspecified atom stereocenters. The molecule has 5 nitrogen and oxygen atoms in total. The van der Waals surface area contributed by atoms with E-state index in [1.54, 1.807) is 0 Å². The number of amides is 2. The van der Waals surface area contributed by atoms with Gasteiger partial charge >= 0.3 is 6.09 Å². The Kier molecular flexibility index (Phi) is 7.17. The number of nitrogens with one attached hydrogen (secondary N) is 2. The number of carbonyl (C=O) groups excluding carboxylic acids is 2. The topological polar surface area (TPSA) is 67.4 Å². The molecule has 1 aromatic carbocycles. The second kappa shape index (κ2) is 8.96. The van der Waals surface area contributed by atoms with Crippen LogP contribution in [0.3, 0.4) is 0 Å². The Labute approximate surface area is 119 Å². The lowest BCUT2D eigenvalue weighted by molar-refractivity contribution is -0.121. The Hall–Kier alpha value is -2.04. The van der Waals surface area contributed by atoms with Crippen molar-refractivity contribution in [2.45, 2.75) is 26.8 Å². The predicted molar refractivity (Wildman–Crippen MR) is 77.1 cm³/mol. The van der Waals surface area contributed by atoms with Gasteiger partial charge in [0.15, 0.2) is 0 Å². The summed E-state index contributed by atoms with van der Waals surface area (Å²) in [5.41, 5.74) is 1.05. The molecule has 1 aromatic rings. The lowest BCUT2D eigenvalue weighted by Crippen LogP contribution is -2.31. The smallest absolute Gasteiger partial charge is 0.407 e. The normalized spacial score (nSPS) is 10.2. The van der Waals surface area contributed by atoms with Crippen LogP contribution in [0, 0.1) is 5.92 Å². The summed E-state index contributed by atoms with van der Waals surface area (Å²) in [5, 5.41) is 5.34. The van der Waals surface area contributed by atoms with Crippen LogP contribution in [-0.2, 0) is 16.1 Å². The highest BCUT2D eigenvalue weighted by molar-refractivity contribution is 5.76. The minimum Gasteiger partial charge on any atom is -0.449 e. The van der Waals surface area contributed by atoms with Crippen LogP contribution in [0.4, 0.5) is 4.79 Å². The van der Waals surface area contributed by atoms with Crippen molar-refractivity contribution in [3.63, 3.8) is 0 Å². The number of rotatable bonds is 7. The third-order valence-electron chi connectivity index (χ3n) is 2.50. The maximum atomic E-state index is 11.6. The molecule has 0 bridgehead atoms. The number of carbonyl (C=O) groups is 2. The number of benzene rings is 1. The van der Waals surface area contributed by atoms with Crippen LogP contribution < -0.4 is 10.6 Å². The van der Waals surface area contributed by atoms with Crippen molar-refractivity contribution in [2.75, 3.05) is 13.2 Å². The number of ether oxygens (including phenoxy) is 1. The highest BCUT2D eigenvalue weighted by atomic mass is 16.5. The van der Waals surface area contributed by atoms with E-state index in [1.807, 2.05) is 44.2 Å². The van der Waals surface area contributed by atoms with Crippen molar-refractivity contribution >= 4 is 12.0 Å². The van der Waals surface area contributed by atoms with E-state index in [1.165, 1.54) is 0 Å². The zero-order chi connectivity index (χ0) is 14.8. The Balaban J connectivity index is 2.10. The molecule has 1 rings (SSSR count). The van der Waals surface area contributed by atoms with E-state index in [0.717, 1.165) is 5.56 Å². The van der Waals surface area contributed by atoms with Crippen molar-refractivity contribution in [3.8, 4) is 0 Å². The van der Waals surface area contributed by atoms with Crippen LogP contribution in [0.15, 0.2) is 30.3 Å². The molecule has 0 aliphatic rings. The van der Waals surface area contributed by atoms with Gasteiger partial charge in [0.05, 0.1) is 6.61 Å².